The Labute approximate surface area is 322 Å². The summed E-state index contributed by atoms with van der Waals surface area (Å²) >= 11 is 0. The Hall–Kier alpha value is -5.77. The zero-order chi connectivity index (χ0) is 39.1. The summed E-state index contributed by atoms with van der Waals surface area (Å²) in [6, 6.07) is 6.04. The van der Waals surface area contributed by atoms with Gasteiger partial charge in [-0.1, -0.05) is 12.8 Å². The van der Waals surface area contributed by atoms with Gasteiger partial charge in [0.2, 0.25) is 17.8 Å². The first-order valence-corrected chi connectivity index (χ1v) is 19.4. The number of aryl methyl sites for hydroxylation is 1. The predicted molar refractivity (Wildman–Crippen MR) is 208 cm³/mol. The van der Waals surface area contributed by atoms with Gasteiger partial charge in [0.1, 0.15) is 23.3 Å². The van der Waals surface area contributed by atoms with Crippen LogP contribution in [0.5, 0.6) is 0 Å². The van der Waals surface area contributed by atoms with Gasteiger partial charge in [0, 0.05) is 68.9 Å². The van der Waals surface area contributed by atoms with Gasteiger partial charge in [0.05, 0.1) is 23.1 Å². The van der Waals surface area contributed by atoms with Crippen LogP contribution in [0.2, 0.25) is 0 Å². The van der Waals surface area contributed by atoms with Crippen molar-refractivity contribution in [3.05, 3.63) is 75.1 Å². The fourth-order valence-electron chi connectivity index (χ4n) is 8.55. The SMILES string of the molecule is CC(=O)c1c(C)c2cnc(Nc3ccc(N4CCN(CCCNc5cc6c(cc5F)C(=O)N(C5CCC(=O)NC5=O)C6)CC4)cn3)nc2n(C2CCCC2)c1=O. The molecule has 2 saturated heterocycles. The van der Waals surface area contributed by atoms with E-state index in [4.69, 9.17) is 4.98 Å². The van der Waals surface area contributed by atoms with Gasteiger partial charge >= 0.3 is 0 Å². The van der Waals surface area contributed by atoms with Gasteiger partial charge in [-0.2, -0.15) is 4.98 Å². The summed E-state index contributed by atoms with van der Waals surface area (Å²) in [5, 5.41) is 9.35. The lowest BCUT2D eigenvalue weighted by Gasteiger charge is -2.36. The van der Waals surface area contributed by atoms with Gasteiger partial charge in [-0.05, 0) is 81.5 Å². The van der Waals surface area contributed by atoms with Crippen LogP contribution in [0, 0.1) is 12.7 Å². The minimum absolute atomic E-state index is 0.00183. The van der Waals surface area contributed by atoms with E-state index in [2.05, 4.69) is 35.7 Å². The molecule has 0 radical (unpaired) electrons. The number of rotatable bonds is 11. The minimum Gasteiger partial charge on any atom is -0.383 e. The molecule has 3 N–H and O–H groups in total. The molecular weight excluding hydrogens is 720 g/mol. The van der Waals surface area contributed by atoms with E-state index in [9.17, 15) is 24.0 Å². The van der Waals surface area contributed by atoms with Crippen molar-refractivity contribution in [2.45, 2.75) is 77.4 Å². The molecule has 16 heteroatoms. The van der Waals surface area contributed by atoms with E-state index in [0.717, 1.165) is 70.5 Å². The van der Waals surface area contributed by atoms with E-state index < -0.39 is 23.7 Å². The van der Waals surface area contributed by atoms with Gasteiger partial charge in [0.25, 0.3) is 11.5 Å². The van der Waals surface area contributed by atoms with E-state index in [1.807, 2.05) is 18.3 Å². The Balaban J connectivity index is 0.827. The molecule has 56 heavy (non-hydrogen) atoms. The molecule has 1 unspecified atom stereocenters. The zero-order valence-electron chi connectivity index (χ0n) is 31.6. The molecule has 1 aliphatic carbocycles. The fourth-order valence-corrected chi connectivity index (χ4v) is 8.55. The zero-order valence-corrected chi connectivity index (χ0v) is 31.6. The number of piperidine rings is 1. The first-order valence-electron chi connectivity index (χ1n) is 19.4. The summed E-state index contributed by atoms with van der Waals surface area (Å²) in [6.45, 7) is 8.18. The summed E-state index contributed by atoms with van der Waals surface area (Å²) in [7, 11) is 0. The Morgan fingerprint density at radius 1 is 1.00 bits per heavy atom. The van der Waals surface area contributed by atoms with E-state index in [0.29, 0.717) is 46.2 Å². The number of nitrogens with zero attached hydrogens (tertiary/aromatic N) is 7. The number of hydrogen-bond donors (Lipinski definition) is 3. The van der Waals surface area contributed by atoms with E-state index in [-0.39, 0.29) is 53.8 Å². The highest BCUT2D eigenvalue weighted by atomic mass is 19.1. The molecule has 8 rings (SSSR count). The number of piperazine rings is 1. The molecule has 0 bridgehead atoms. The monoisotopic (exact) mass is 764 g/mol. The third-order valence-electron chi connectivity index (χ3n) is 11.6. The first-order chi connectivity index (χ1) is 27.0. The van der Waals surface area contributed by atoms with Gasteiger partial charge in [0.15, 0.2) is 5.78 Å². The molecule has 3 aromatic heterocycles. The Morgan fingerprint density at radius 3 is 2.50 bits per heavy atom. The highest BCUT2D eigenvalue weighted by Gasteiger charge is 2.39. The highest BCUT2D eigenvalue weighted by molar-refractivity contribution is 6.05. The van der Waals surface area contributed by atoms with Crippen LogP contribution >= 0.6 is 0 Å². The number of amides is 3. The van der Waals surface area contributed by atoms with Gasteiger partial charge < -0.3 is 20.4 Å². The average molecular weight is 765 g/mol. The standard InChI is InChI=1S/C40H45FN10O5/c1-23-29-21-44-40(47-36(29)51(26-6-3-4-7-26)39(56)35(23)24(2)52)45-33-10-8-27(20-43-33)49-16-14-48(15-17-49)13-5-12-42-31-18-25-22-50(38(55)28(25)19-30(31)41)32-9-11-34(53)46-37(32)54/h8,10,18-21,26,32,42H,3-7,9,11-17,22H2,1-2H3,(H,46,53,54)(H,43,44,45,47). The maximum absolute atomic E-state index is 15.0. The third-order valence-corrected chi connectivity index (χ3v) is 11.6. The van der Waals surface area contributed by atoms with E-state index in [1.54, 1.807) is 23.8 Å². The molecule has 4 aromatic rings. The summed E-state index contributed by atoms with van der Waals surface area (Å²) in [4.78, 5) is 82.8. The molecule has 6 heterocycles. The van der Waals surface area contributed by atoms with Gasteiger partial charge in [-0.15, -0.1) is 0 Å². The molecule has 1 atom stereocenters. The van der Waals surface area contributed by atoms with Crippen molar-refractivity contribution in [3.63, 3.8) is 0 Å². The predicted octanol–water partition coefficient (Wildman–Crippen LogP) is 4.08. The first kappa shape index (κ1) is 37.2. The maximum Gasteiger partial charge on any atom is 0.263 e. The lowest BCUT2D eigenvalue weighted by atomic mass is 10.0. The van der Waals surface area contributed by atoms with Crippen molar-refractivity contribution >= 4 is 57.7 Å². The van der Waals surface area contributed by atoms with Crippen molar-refractivity contribution < 1.29 is 23.6 Å². The topological polar surface area (TPSA) is 175 Å². The van der Waals surface area contributed by atoms with Crippen LogP contribution in [0.15, 0.2) is 41.5 Å². The molecule has 3 amide bonds. The van der Waals surface area contributed by atoms with Crippen LogP contribution in [0.4, 0.5) is 27.5 Å². The van der Waals surface area contributed by atoms with Gasteiger partial charge in [-0.25, -0.2) is 14.4 Å². The number of halogens is 1. The smallest absolute Gasteiger partial charge is 0.263 e. The second kappa shape index (κ2) is 15.4. The van der Waals surface area contributed by atoms with Crippen LogP contribution in [-0.2, 0) is 16.1 Å². The second-order valence-electron chi connectivity index (χ2n) is 15.1. The number of carbonyl (C=O) groups excluding carboxylic acids is 4. The molecular formula is C40H45FN10O5. The molecule has 15 nitrogen and oxygen atoms in total. The van der Waals surface area contributed by atoms with Crippen molar-refractivity contribution in [1.82, 2.24) is 34.6 Å². The molecule has 3 aliphatic heterocycles. The molecule has 292 valence electrons. The number of pyridine rings is 2. The average Bonchev–Trinajstić information content (AvgIpc) is 3.82. The summed E-state index contributed by atoms with van der Waals surface area (Å²) in [5.74, 6) is -1.10. The Kier molecular flexibility index (Phi) is 10.2. The van der Waals surface area contributed by atoms with Crippen molar-refractivity contribution in [2.24, 2.45) is 0 Å². The second-order valence-corrected chi connectivity index (χ2v) is 15.1. The number of hydrogen-bond acceptors (Lipinski definition) is 12. The number of aromatic nitrogens is 4. The van der Waals surface area contributed by atoms with E-state index >= 15 is 4.39 Å². The van der Waals surface area contributed by atoms with Crippen LogP contribution in [0.1, 0.15) is 89.8 Å². The number of Topliss-reactive ketones (excluding diaryl/α,β-unsaturated/α-hetero) is 1. The number of nitrogens with one attached hydrogen (secondary N) is 3. The number of benzene rings is 1. The van der Waals surface area contributed by atoms with Crippen LogP contribution in [0.3, 0.4) is 0 Å². The summed E-state index contributed by atoms with van der Waals surface area (Å²) < 4.78 is 16.7. The van der Waals surface area contributed by atoms with Crippen molar-refractivity contribution in [3.8, 4) is 0 Å². The quantitative estimate of drug-likeness (QED) is 0.114. The molecule has 1 aromatic carbocycles. The lowest BCUT2D eigenvalue weighted by Crippen LogP contribution is -2.52. The van der Waals surface area contributed by atoms with Crippen molar-refractivity contribution in [2.75, 3.05) is 54.8 Å². The van der Waals surface area contributed by atoms with Gasteiger partial charge in [-0.3, -0.25) is 38.8 Å². The number of anilines is 4. The summed E-state index contributed by atoms with van der Waals surface area (Å²) in [5.41, 5.74) is 3.29. The number of fused-ring (bicyclic) bond motifs is 2. The van der Waals surface area contributed by atoms with E-state index in [1.165, 1.54) is 17.9 Å². The summed E-state index contributed by atoms with van der Waals surface area (Å²) in [6.07, 6.45) is 8.52. The fraction of sp³-hybridized carbons (Fsp3) is 0.450. The molecule has 4 aliphatic rings. The third kappa shape index (κ3) is 7.20. The number of carbonyl (C=O) groups is 4. The number of imide groups is 1. The molecule has 3 fully saturated rings. The molecule has 0 spiro atoms. The van der Waals surface area contributed by atoms with Crippen molar-refractivity contribution in [1.29, 1.82) is 0 Å². The Morgan fingerprint density at radius 2 is 1.79 bits per heavy atom. The highest BCUT2D eigenvalue weighted by Crippen LogP contribution is 2.33. The minimum atomic E-state index is -0.740. The van der Waals surface area contributed by atoms with Crippen LogP contribution in [0.25, 0.3) is 11.0 Å². The maximum atomic E-state index is 15.0. The lowest BCUT2D eigenvalue weighted by molar-refractivity contribution is -0.136. The van der Waals surface area contributed by atoms with Crippen LogP contribution < -0.4 is 26.4 Å². The normalized spacial score (nSPS) is 19.1. The molecule has 1 saturated carbocycles. The number of ketones is 1. The Bertz CT molecular complexity index is 2280. The largest absolute Gasteiger partial charge is 0.383 e. The van der Waals surface area contributed by atoms with Crippen LogP contribution in [-0.4, -0.2) is 98.1 Å².